The van der Waals surface area contributed by atoms with Gasteiger partial charge in [-0.25, -0.2) is 0 Å². The smallest absolute Gasteiger partial charge is 0.237 e. The van der Waals surface area contributed by atoms with Crippen molar-refractivity contribution < 1.29 is 9.59 Å². The lowest BCUT2D eigenvalue weighted by Crippen LogP contribution is -2.49. The Hall–Kier alpha value is -1.68. The standard InChI is InChI=1S/C16H24N2O2/c1-4-8-14(17-3)16(20)18-15(12(2)19)11-13-9-6-5-7-10-13/h5-7,9-10,14-15,17H,4,8,11H2,1-3H3,(H,18,20)/t14-,15+/m0/s1. The van der Waals surface area contributed by atoms with Crippen molar-refractivity contribution in [1.82, 2.24) is 10.6 Å². The summed E-state index contributed by atoms with van der Waals surface area (Å²) in [5, 5.41) is 5.84. The van der Waals surface area contributed by atoms with Gasteiger partial charge in [0.2, 0.25) is 5.91 Å². The third-order valence-electron chi connectivity index (χ3n) is 3.33. The van der Waals surface area contributed by atoms with E-state index in [9.17, 15) is 9.59 Å². The Morgan fingerprint density at radius 2 is 1.80 bits per heavy atom. The zero-order chi connectivity index (χ0) is 15.0. The van der Waals surface area contributed by atoms with Gasteiger partial charge in [-0.2, -0.15) is 0 Å². The van der Waals surface area contributed by atoms with Crippen molar-refractivity contribution in [1.29, 1.82) is 0 Å². The van der Waals surface area contributed by atoms with Gasteiger partial charge in [-0.1, -0.05) is 43.7 Å². The summed E-state index contributed by atoms with van der Waals surface area (Å²) in [6, 6.07) is 9.02. The van der Waals surface area contributed by atoms with Crippen molar-refractivity contribution in [3.8, 4) is 0 Å². The summed E-state index contributed by atoms with van der Waals surface area (Å²) in [6.07, 6.45) is 2.21. The monoisotopic (exact) mass is 276 g/mol. The van der Waals surface area contributed by atoms with Crippen molar-refractivity contribution in [2.75, 3.05) is 7.05 Å². The summed E-state index contributed by atoms with van der Waals surface area (Å²) < 4.78 is 0. The lowest BCUT2D eigenvalue weighted by atomic mass is 10.0. The maximum atomic E-state index is 12.1. The Bertz CT molecular complexity index is 431. The molecule has 0 bridgehead atoms. The van der Waals surface area contributed by atoms with Gasteiger partial charge in [0.15, 0.2) is 5.78 Å². The Kier molecular flexibility index (Phi) is 6.94. The first-order valence-electron chi connectivity index (χ1n) is 7.10. The topological polar surface area (TPSA) is 58.2 Å². The maximum absolute atomic E-state index is 12.1. The van der Waals surface area contributed by atoms with Gasteiger partial charge < -0.3 is 10.6 Å². The molecule has 0 aliphatic heterocycles. The highest BCUT2D eigenvalue weighted by molar-refractivity contribution is 5.89. The van der Waals surface area contributed by atoms with Gasteiger partial charge in [0.05, 0.1) is 12.1 Å². The summed E-state index contributed by atoms with van der Waals surface area (Å²) >= 11 is 0. The number of carbonyl (C=O) groups excluding carboxylic acids is 2. The van der Waals surface area contributed by atoms with Crippen molar-refractivity contribution in [2.45, 2.75) is 45.2 Å². The first kappa shape index (κ1) is 16.4. The average molecular weight is 276 g/mol. The zero-order valence-corrected chi connectivity index (χ0v) is 12.5. The van der Waals surface area contributed by atoms with E-state index in [0.29, 0.717) is 6.42 Å². The number of rotatable bonds is 8. The molecular weight excluding hydrogens is 252 g/mol. The van der Waals surface area contributed by atoms with Crippen molar-refractivity contribution >= 4 is 11.7 Å². The van der Waals surface area contributed by atoms with Crippen molar-refractivity contribution in [2.24, 2.45) is 0 Å². The fraction of sp³-hybridized carbons (Fsp3) is 0.500. The molecule has 1 amide bonds. The number of Topliss-reactive ketones (excluding diaryl/α,β-unsaturated/α-hetero) is 1. The van der Waals surface area contributed by atoms with Gasteiger partial charge in [-0.05, 0) is 32.4 Å². The molecule has 0 unspecified atom stereocenters. The first-order valence-corrected chi connectivity index (χ1v) is 7.10. The van der Waals surface area contributed by atoms with E-state index in [1.165, 1.54) is 6.92 Å². The van der Waals surface area contributed by atoms with Crippen LogP contribution in [0.25, 0.3) is 0 Å². The van der Waals surface area contributed by atoms with E-state index in [0.717, 1.165) is 18.4 Å². The van der Waals surface area contributed by atoms with Gasteiger partial charge in [0.25, 0.3) is 0 Å². The van der Waals surface area contributed by atoms with Crippen LogP contribution in [-0.2, 0) is 16.0 Å². The van der Waals surface area contributed by atoms with Gasteiger partial charge in [-0.15, -0.1) is 0 Å². The van der Waals surface area contributed by atoms with Gasteiger partial charge >= 0.3 is 0 Å². The number of hydrogen-bond acceptors (Lipinski definition) is 3. The number of amides is 1. The number of hydrogen-bond donors (Lipinski definition) is 2. The first-order chi connectivity index (χ1) is 9.58. The summed E-state index contributed by atoms with van der Waals surface area (Å²) in [6.45, 7) is 3.55. The minimum absolute atomic E-state index is 0.0199. The molecule has 1 rings (SSSR count). The van der Waals surface area contributed by atoms with E-state index in [1.807, 2.05) is 37.3 Å². The largest absolute Gasteiger partial charge is 0.345 e. The molecule has 0 saturated carbocycles. The highest BCUT2D eigenvalue weighted by Gasteiger charge is 2.22. The van der Waals surface area contributed by atoms with E-state index < -0.39 is 6.04 Å². The molecule has 0 aliphatic carbocycles. The third kappa shape index (κ3) is 5.13. The molecule has 110 valence electrons. The average Bonchev–Trinajstić information content (AvgIpc) is 2.44. The molecule has 0 saturated heterocycles. The second kappa shape index (κ2) is 8.48. The van der Waals surface area contributed by atoms with Crippen LogP contribution >= 0.6 is 0 Å². The Morgan fingerprint density at radius 1 is 1.15 bits per heavy atom. The van der Waals surface area contributed by atoms with Gasteiger partial charge in [-0.3, -0.25) is 9.59 Å². The molecule has 0 heterocycles. The summed E-state index contributed by atoms with van der Waals surface area (Å²) in [5.74, 6) is -0.126. The van der Waals surface area contributed by atoms with Crippen molar-refractivity contribution in [3.63, 3.8) is 0 Å². The number of benzene rings is 1. The third-order valence-corrected chi connectivity index (χ3v) is 3.33. The van der Waals surface area contributed by atoms with E-state index in [2.05, 4.69) is 10.6 Å². The summed E-state index contributed by atoms with van der Waals surface area (Å²) in [5.41, 5.74) is 1.05. The van der Waals surface area contributed by atoms with Gasteiger partial charge in [0.1, 0.15) is 0 Å². The normalized spacial score (nSPS) is 13.6. The molecule has 1 aromatic rings. The van der Waals surface area contributed by atoms with Crippen LogP contribution in [0.4, 0.5) is 0 Å². The predicted octanol–water partition coefficient (Wildman–Crippen LogP) is 1.69. The second-order valence-corrected chi connectivity index (χ2v) is 4.99. The quantitative estimate of drug-likeness (QED) is 0.759. The SMILES string of the molecule is CCC[C@H](NC)C(=O)N[C@H](Cc1ccccc1)C(C)=O. The Balaban J connectivity index is 2.68. The summed E-state index contributed by atoms with van der Waals surface area (Å²) in [4.78, 5) is 23.9. The van der Waals surface area contributed by atoms with Crippen LogP contribution in [0, 0.1) is 0 Å². The molecule has 0 aromatic heterocycles. The molecule has 2 atom stereocenters. The minimum Gasteiger partial charge on any atom is -0.345 e. The lowest BCUT2D eigenvalue weighted by Gasteiger charge is -2.20. The molecule has 4 heteroatoms. The van der Waals surface area contributed by atoms with E-state index >= 15 is 0 Å². The Morgan fingerprint density at radius 3 is 2.30 bits per heavy atom. The van der Waals surface area contributed by atoms with E-state index in [4.69, 9.17) is 0 Å². The number of ketones is 1. The van der Waals surface area contributed by atoms with E-state index in [-0.39, 0.29) is 17.7 Å². The Labute approximate surface area is 121 Å². The second-order valence-electron chi connectivity index (χ2n) is 4.99. The fourth-order valence-electron chi connectivity index (χ4n) is 2.11. The molecule has 20 heavy (non-hydrogen) atoms. The molecule has 0 radical (unpaired) electrons. The zero-order valence-electron chi connectivity index (χ0n) is 12.5. The number of likely N-dealkylation sites (N-methyl/N-ethyl adjacent to an activating group) is 1. The van der Waals surface area contributed by atoms with Gasteiger partial charge in [0, 0.05) is 0 Å². The highest BCUT2D eigenvalue weighted by Crippen LogP contribution is 2.05. The molecule has 0 spiro atoms. The van der Waals surface area contributed by atoms with Crippen LogP contribution in [-0.4, -0.2) is 30.8 Å². The number of nitrogens with one attached hydrogen (secondary N) is 2. The van der Waals surface area contributed by atoms with Crippen LogP contribution in [0.1, 0.15) is 32.3 Å². The lowest BCUT2D eigenvalue weighted by molar-refractivity contribution is -0.128. The molecule has 2 N–H and O–H groups in total. The highest BCUT2D eigenvalue weighted by atomic mass is 16.2. The molecule has 4 nitrogen and oxygen atoms in total. The molecule has 0 fully saturated rings. The molecule has 0 aliphatic rings. The van der Waals surface area contributed by atoms with E-state index in [1.54, 1.807) is 7.05 Å². The molecule has 1 aromatic carbocycles. The van der Waals surface area contributed by atoms with Crippen molar-refractivity contribution in [3.05, 3.63) is 35.9 Å². The molecular formula is C16H24N2O2. The number of carbonyl (C=O) groups is 2. The maximum Gasteiger partial charge on any atom is 0.237 e. The van der Waals surface area contributed by atoms with Crippen LogP contribution in [0.3, 0.4) is 0 Å². The minimum atomic E-state index is -0.461. The van der Waals surface area contributed by atoms with Crippen LogP contribution in [0.5, 0.6) is 0 Å². The predicted molar refractivity (Wildman–Crippen MR) is 80.5 cm³/mol. The van der Waals surface area contributed by atoms with Crippen LogP contribution in [0.15, 0.2) is 30.3 Å². The van der Waals surface area contributed by atoms with Crippen LogP contribution in [0.2, 0.25) is 0 Å². The summed E-state index contributed by atoms with van der Waals surface area (Å²) in [7, 11) is 1.76. The fourth-order valence-corrected chi connectivity index (χ4v) is 2.11. The van der Waals surface area contributed by atoms with Crippen LogP contribution < -0.4 is 10.6 Å².